The van der Waals surface area contributed by atoms with Gasteiger partial charge in [0.1, 0.15) is 12.1 Å². The molecule has 4 bridgehead atoms. The molecule has 158 valence electrons. The van der Waals surface area contributed by atoms with Gasteiger partial charge in [-0.05, 0) is 67.8 Å². The SMILES string of the molecule is OC12C[C@H]3C[C@@H](C1)CC(CNc1ncnc4c1CCN(Cc1ccccc1)C4)(C3)C2. The molecule has 0 amide bonds. The number of anilines is 1. The Morgan fingerprint density at radius 2 is 1.87 bits per heavy atom. The van der Waals surface area contributed by atoms with Crippen molar-refractivity contribution in [3.05, 3.63) is 53.5 Å². The number of aliphatic hydroxyl groups is 1. The third-order valence-corrected chi connectivity index (χ3v) is 8.12. The van der Waals surface area contributed by atoms with Crippen LogP contribution in [0.2, 0.25) is 0 Å². The van der Waals surface area contributed by atoms with Crippen LogP contribution in [0.15, 0.2) is 36.7 Å². The predicted molar refractivity (Wildman–Crippen MR) is 117 cm³/mol. The average molecular weight is 405 g/mol. The van der Waals surface area contributed by atoms with Crippen molar-refractivity contribution in [1.29, 1.82) is 0 Å². The summed E-state index contributed by atoms with van der Waals surface area (Å²) in [7, 11) is 0. The van der Waals surface area contributed by atoms with Crippen LogP contribution in [0.1, 0.15) is 55.3 Å². The Bertz CT molecular complexity index is 916. The van der Waals surface area contributed by atoms with E-state index in [0.29, 0.717) is 0 Å². The second-order valence-electron chi connectivity index (χ2n) is 10.6. The van der Waals surface area contributed by atoms with Crippen molar-refractivity contribution >= 4 is 5.82 Å². The van der Waals surface area contributed by atoms with Crippen LogP contribution in [-0.4, -0.2) is 38.7 Å². The van der Waals surface area contributed by atoms with Gasteiger partial charge >= 0.3 is 0 Å². The van der Waals surface area contributed by atoms with Gasteiger partial charge in [-0.1, -0.05) is 30.3 Å². The summed E-state index contributed by atoms with van der Waals surface area (Å²) < 4.78 is 0. The van der Waals surface area contributed by atoms with E-state index in [1.54, 1.807) is 6.33 Å². The van der Waals surface area contributed by atoms with Gasteiger partial charge in [0.15, 0.2) is 0 Å². The number of hydrogen-bond acceptors (Lipinski definition) is 5. The van der Waals surface area contributed by atoms with E-state index in [-0.39, 0.29) is 5.41 Å². The van der Waals surface area contributed by atoms with Crippen LogP contribution in [0.25, 0.3) is 0 Å². The normalized spacial score (nSPS) is 34.7. The summed E-state index contributed by atoms with van der Waals surface area (Å²) in [6, 6.07) is 10.7. The van der Waals surface area contributed by atoms with E-state index in [1.807, 2.05) is 0 Å². The van der Waals surface area contributed by atoms with E-state index in [2.05, 4.69) is 50.5 Å². The molecule has 7 rings (SSSR count). The second-order valence-corrected chi connectivity index (χ2v) is 10.6. The van der Waals surface area contributed by atoms with Crippen molar-refractivity contribution in [2.75, 3.05) is 18.4 Å². The maximum absolute atomic E-state index is 11.0. The van der Waals surface area contributed by atoms with Crippen molar-refractivity contribution in [3.63, 3.8) is 0 Å². The molecule has 2 unspecified atom stereocenters. The molecule has 4 atom stereocenters. The van der Waals surface area contributed by atoms with Gasteiger partial charge in [-0.2, -0.15) is 0 Å². The van der Waals surface area contributed by atoms with Gasteiger partial charge in [0.2, 0.25) is 0 Å². The van der Waals surface area contributed by atoms with E-state index in [9.17, 15) is 5.11 Å². The lowest BCUT2D eigenvalue weighted by Gasteiger charge is -2.60. The van der Waals surface area contributed by atoms with Gasteiger partial charge in [-0.15, -0.1) is 0 Å². The van der Waals surface area contributed by atoms with E-state index < -0.39 is 5.60 Å². The Morgan fingerprint density at radius 1 is 1.07 bits per heavy atom. The van der Waals surface area contributed by atoms with Crippen LogP contribution < -0.4 is 5.32 Å². The van der Waals surface area contributed by atoms with Gasteiger partial charge in [0, 0.05) is 31.7 Å². The van der Waals surface area contributed by atoms with Crippen molar-refractivity contribution in [1.82, 2.24) is 14.9 Å². The molecule has 5 nitrogen and oxygen atoms in total. The van der Waals surface area contributed by atoms with E-state index in [4.69, 9.17) is 0 Å². The first-order chi connectivity index (χ1) is 14.6. The Morgan fingerprint density at radius 3 is 2.63 bits per heavy atom. The fraction of sp³-hybridized carbons (Fsp3) is 0.600. The van der Waals surface area contributed by atoms with Crippen LogP contribution in [-0.2, 0) is 19.5 Å². The number of nitrogens with zero attached hydrogens (tertiary/aromatic N) is 3. The average Bonchev–Trinajstić information content (AvgIpc) is 2.71. The van der Waals surface area contributed by atoms with Crippen molar-refractivity contribution < 1.29 is 5.11 Å². The van der Waals surface area contributed by atoms with Crippen molar-refractivity contribution in [3.8, 4) is 0 Å². The van der Waals surface area contributed by atoms with Crippen LogP contribution in [0, 0.1) is 17.3 Å². The zero-order valence-electron chi connectivity index (χ0n) is 17.7. The molecule has 0 spiro atoms. The van der Waals surface area contributed by atoms with Gasteiger partial charge in [-0.25, -0.2) is 9.97 Å². The van der Waals surface area contributed by atoms with Crippen molar-refractivity contribution in [2.24, 2.45) is 17.3 Å². The quantitative estimate of drug-likeness (QED) is 0.794. The summed E-state index contributed by atoms with van der Waals surface area (Å²) in [5, 5.41) is 14.8. The Hall–Kier alpha value is -1.98. The summed E-state index contributed by atoms with van der Waals surface area (Å²) in [5.41, 5.74) is 3.68. The van der Waals surface area contributed by atoms with E-state index >= 15 is 0 Å². The number of nitrogens with one attached hydrogen (secondary N) is 1. The van der Waals surface area contributed by atoms with Crippen LogP contribution in [0.4, 0.5) is 5.82 Å². The number of rotatable bonds is 5. The molecule has 4 fully saturated rings. The molecule has 1 aromatic carbocycles. The lowest BCUT2D eigenvalue weighted by Crippen LogP contribution is -2.57. The highest BCUT2D eigenvalue weighted by Gasteiger charge is 2.56. The Kier molecular flexibility index (Phi) is 4.40. The lowest BCUT2D eigenvalue weighted by molar-refractivity contribution is -0.158. The second kappa shape index (κ2) is 7.03. The molecule has 1 aliphatic heterocycles. The van der Waals surface area contributed by atoms with Crippen LogP contribution in [0.3, 0.4) is 0 Å². The monoisotopic (exact) mass is 404 g/mol. The lowest BCUT2D eigenvalue weighted by atomic mass is 9.48. The molecule has 30 heavy (non-hydrogen) atoms. The maximum atomic E-state index is 11.0. The number of fused-ring (bicyclic) bond motifs is 1. The van der Waals surface area contributed by atoms with Crippen LogP contribution in [0.5, 0.6) is 0 Å². The van der Waals surface area contributed by atoms with Crippen molar-refractivity contribution in [2.45, 2.75) is 63.6 Å². The first kappa shape index (κ1) is 18.8. The molecule has 5 aliphatic rings. The maximum Gasteiger partial charge on any atom is 0.132 e. The molecular formula is C25H32N4O. The van der Waals surface area contributed by atoms with Gasteiger partial charge in [-0.3, -0.25) is 4.90 Å². The first-order valence-electron chi connectivity index (χ1n) is 11.6. The molecule has 5 heteroatoms. The van der Waals surface area contributed by atoms with Gasteiger partial charge in [0.25, 0.3) is 0 Å². The Balaban J connectivity index is 1.16. The highest BCUT2D eigenvalue weighted by Crippen LogP contribution is 2.61. The molecule has 0 radical (unpaired) electrons. The largest absolute Gasteiger partial charge is 0.390 e. The van der Waals surface area contributed by atoms with Crippen LogP contribution >= 0.6 is 0 Å². The minimum Gasteiger partial charge on any atom is -0.390 e. The number of benzene rings is 1. The summed E-state index contributed by atoms with van der Waals surface area (Å²) in [4.78, 5) is 11.7. The third-order valence-electron chi connectivity index (χ3n) is 8.12. The molecule has 2 N–H and O–H groups in total. The molecule has 2 heterocycles. The standard InChI is InChI=1S/C25H32N4O/c30-25-11-19-8-20(12-25)10-24(9-19,15-25)16-26-23-21-6-7-29(14-22(21)27-17-28-23)13-18-4-2-1-3-5-18/h1-5,17,19-20,30H,6-16H2,(H,26,27,28)/t19-,20+,24?,25?. The number of hydrogen-bond donors (Lipinski definition) is 2. The molecule has 4 saturated carbocycles. The summed E-state index contributed by atoms with van der Waals surface area (Å²) in [5.74, 6) is 2.48. The smallest absolute Gasteiger partial charge is 0.132 e. The molecule has 4 aliphatic carbocycles. The fourth-order valence-electron chi connectivity index (χ4n) is 7.42. The zero-order chi connectivity index (χ0) is 20.2. The highest BCUT2D eigenvalue weighted by molar-refractivity contribution is 5.47. The topological polar surface area (TPSA) is 61.3 Å². The minimum absolute atomic E-state index is 0.255. The van der Waals surface area contributed by atoms with E-state index in [1.165, 1.54) is 36.1 Å². The first-order valence-corrected chi connectivity index (χ1v) is 11.6. The summed E-state index contributed by atoms with van der Waals surface area (Å²) in [6.45, 7) is 3.84. The molecule has 1 aromatic heterocycles. The molecule has 2 aromatic rings. The summed E-state index contributed by atoms with van der Waals surface area (Å²) >= 11 is 0. The predicted octanol–water partition coefficient (Wildman–Crippen LogP) is 3.78. The Labute approximate surface area is 178 Å². The minimum atomic E-state index is -0.394. The van der Waals surface area contributed by atoms with Gasteiger partial charge < -0.3 is 10.4 Å². The highest BCUT2D eigenvalue weighted by atomic mass is 16.3. The zero-order valence-corrected chi connectivity index (χ0v) is 17.7. The molecular weight excluding hydrogens is 372 g/mol. The fourth-order valence-corrected chi connectivity index (χ4v) is 7.42. The molecule has 0 saturated heterocycles. The van der Waals surface area contributed by atoms with E-state index in [0.717, 1.165) is 69.5 Å². The van der Waals surface area contributed by atoms with Gasteiger partial charge in [0.05, 0.1) is 11.3 Å². The number of aromatic nitrogens is 2. The third kappa shape index (κ3) is 3.42. The summed E-state index contributed by atoms with van der Waals surface area (Å²) in [6.07, 6.45) is 9.64.